The van der Waals surface area contributed by atoms with Crippen molar-refractivity contribution in [3.8, 4) is 5.75 Å². The molecule has 1 aromatic carbocycles. The molecular formula is C8H7F5O3Si. The summed E-state index contributed by atoms with van der Waals surface area (Å²) in [5, 5.41) is 0. The van der Waals surface area contributed by atoms with E-state index in [4.69, 9.17) is 4.80 Å². The van der Waals surface area contributed by atoms with Gasteiger partial charge in [-0.25, -0.2) is 13.2 Å². The van der Waals surface area contributed by atoms with E-state index in [1.165, 1.54) is 0 Å². The Bertz CT molecular complexity index is 399. The fourth-order valence-electron chi connectivity index (χ4n) is 0.934. The molecule has 0 aromatic heterocycles. The molecule has 9 heteroatoms. The number of ether oxygens (including phenoxy) is 1. The van der Waals surface area contributed by atoms with E-state index >= 15 is 0 Å². The Morgan fingerprint density at radius 2 is 1.35 bits per heavy atom. The van der Waals surface area contributed by atoms with Gasteiger partial charge < -0.3 is 14.0 Å². The molecule has 0 fully saturated rings. The molecule has 0 aliphatic rings. The van der Waals surface area contributed by atoms with Crippen molar-refractivity contribution in [2.75, 3.05) is 13.3 Å². The van der Waals surface area contributed by atoms with Gasteiger partial charge >= 0.3 is 9.28 Å². The van der Waals surface area contributed by atoms with Crippen molar-refractivity contribution in [3.63, 3.8) is 0 Å². The summed E-state index contributed by atoms with van der Waals surface area (Å²) < 4.78 is 72.7. The van der Waals surface area contributed by atoms with E-state index in [0.29, 0.717) is 0 Å². The van der Waals surface area contributed by atoms with Gasteiger partial charge in [0.25, 0.3) is 0 Å². The van der Waals surface area contributed by atoms with Gasteiger partial charge in [0.1, 0.15) is 6.23 Å². The minimum Gasteiger partial charge on any atom is -0.486 e. The predicted molar refractivity (Wildman–Crippen MR) is 48.1 cm³/mol. The zero-order chi connectivity index (χ0) is 13.2. The van der Waals surface area contributed by atoms with Crippen molar-refractivity contribution in [1.82, 2.24) is 0 Å². The van der Waals surface area contributed by atoms with E-state index in [1.807, 2.05) is 0 Å². The number of halogens is 5. The lowest BCUT2D eigenvalue weighted by Crippen LogP contribution is -2.26. The average Bonchev–Trinajstić information content (AvgIpc) is 2.33. The Labute approximate surface area is 94.2 Å². The van der Waals surface area contributed by atoms with Crippen LogP contribution in [0.15, 0.2) is 0 Å². The molecule has 0 heterocycles. The van der Waals surface area contributed by atoms with Crippen molar-refractivity contribution >= 4 is 9.28 Å². The van der Waals surface area contributed by atoms with Crippen LogP contribution in [0.5, 0.6) is 5.75 Å². The standard InChI is InChI=1S/C8H7F5O3Si/c1-15-17(14)2-16-8-6(12)4(10)3(9)5(11)7(8)13/h14,17H,2H2,1H3. The van der Waals surface area contributed by atoms with Gasteiger partial charge in [0.05, 0.1) is 0 Å². The third kappa shape index (κ3) is 2.73. The predicted octanol–water partition coefficient (Wildman–Crippen LogP) is 1.16. The molecule has 1 unspecified atom stereocenters. The van der Waals surface area contributed by atoms with Gasteiger partial charge in [0, 0.05) is 7.11 Å². The Balaban J connectivity index is 3.07. The molecule has 0 aliphatic heterocycles. The molecule has 1 rings (SSSR count). The van der Waals surface area contributed by atoms with Gasteiger partial charge in [0.15, 0.2) is 5.75 Å². The second kappa shape index (κ2) is 5.43. The van der Waals surface area contributed by atoms with E-state index in [9.17, 15) is 22.0 Å². The molecule has 0 bridgehead atoms. The highest BCUT2D eigenvalue weighted by Crippen LogP contribution is 2.28. The third-order valence-electron chi connectivity index (χ3n) is 1.81. The fourth-order valence-corrected chi connectivity index (χ4v) is 1.38. The molecule has 0 radical (unpaired) electrons. The van der Waals surface area contributed by atoms with Crippen LogP contribution in [-0.4, -0.2) is 27.4 Å². The van der Waals surface area contributed by atoms with Crippen molar-refractivity contribution in [2.24, 2.45) is 0 Å². The van der Waals surface area contributed by atoms with Gasteiger partial charge in [-0.3, -0.25) is 0 Å². The second-order valence-electron chi connectivity index (χ2n) is 2.90. The maximum atomic E-state index is 13.0. The minimum atomic E-state index is -2.83. The van der Waals surface area contributed by atoms with E-state index in [0.717, 1.165) is 7.11 Å². The van der Waals surface area contributed by atoms with Crippen molar-refractivity contribution in [1.29, 1.82) is 0 Å². The second-order valence-corrected chi connectivity index (χ2v) is 4.61. The number of hydrogen-bond acceptors (Lipinski definition) is 3. The molecule has 0 spiro atoms. The van der Waals surface area contributed by atoms with E-state index < -0.39 is 50.3 Å². The van der Waals surface area contributed by atoms with Gasteiger partial charge in [-0.05, 0) is 0 Å². The molecule has 3 nitrogen and oxygen atoms in total. The Morgan fingerprint density at radius 3 is 1.76 bits per heavy atom. The zero-order valence-corrected chi connectivity index (χ0v) is 9.59. The SMILES string of the molecule is CO[SiH](O)COc1c(F)c(F)c(F)c(F)c1F. The fraction of sp³-hybridized carbons (Fsp3) is 0.250. The van der Waals surface area contributed by atoms with Crippen LogP contribution in [0.4, 0.5) is 22.0 Å². The summed E-state index contributed by atoms with van der Waals surface area (Å²) in [4.78, 5) is 8.98. The topological polar surface area (TPSA) is 38.7 Å². The Kier molecular flexibility index (Phi) is 4.43. The molecule has 1 atom stereocenters. The van der Waals surface area contributed by atoms with E-state index in [1.54, 1.807) is 0 Å². The molecule has 1 aromatic rings. The quantitative estimate of drug-likeness (QED) is 0.387. The summed E-state index contributed by atoms with van der Waals surface area (Å²) in [5.74, 6) is -12.1. The summed E-state index contributed by atoms with van der Waals surface area (Å²) >= 11 is 0. The van der Waals surface area contributed by atoms with Crippen LogP contribution in [0.1, 0.15) is 0 Å². The van der Waals surface area contributed by atoms with Crippen molar-refractivity contribution in [2.45, 2.75) is 0 Å². The summed E-state index contributed by atoms with van der Waals surface area (Å²) in [5.41, 5.74) is 0. The van der Waals surface area contributed by atoms with Gasteiger partial charge in [-0.2, -0.15) is 8.78 Å². The van der Waals surface area contributed by atoms with Crippen molar-refractivity contribution in [3.05, 3.63) is 29.1 Å². The van der Waals surface area contributed by atoms with Crippen LogP contribution in [0, 0.1) is 29.1 Å². The highest BCUT2D eigenvalue weighted by Gasteiger charge is 2.27. The number of benzene rings is 1. The maximum absolute atomic E-state index is 13.0. The number of rotatable bonds is 4. The van der Waals surface area contributed by atoms with Gasteiger partial charge in [0.2, 0.25) is 29.1 Å². The van der Waals surface area contributed by atoms with Gasteiger partial charge in [-0.15, -0.1) is 0 Å². The lowest BCUT2D eigenvalue weighted by atomic mass is 10.3. The largest absolute Gasteiger partial charge is 0.486 e. The third-order valence-corrected chi connectivity index (χ3v) is 2.81. The lowest BCUT2D eigenvalue weighted by molar-refractivity contribution is 0.247. The minimum absolute atomic E-state index is 0.644. The molecular weight excluding hydrogens is 267 g/mol. The first-order valence-electron chi connectivity index (χ1n) is 4.25. The molecule has 0 aliphatic carbocycles. The van der Waals surface area contributed by atoms with Crippen LogP contribution in [0.2, 0.25) is 0 Å². The number of hydrogen-bond donors (Lipinski definition) is 1. The van der Waals surface area contributed by atoms with E-state index in [2.05, 4.69) is 9.16 Å². The molecule has 0 amide bonds. The van der Waals surface area contributed by atoms with E-state index in [-0.39, 0.29) is 0 Å². The monoisotopic (exact) mass is 274 g/mol. The van der Waals surface area contributed by atoms with Crippen LogP contribution in [0.3, 0.4) is 0 Å². The maximum Gasteiger partial charge on any atom is 0.357 e. The molecule has 96 valence electrons. The average molecular weight is 274 g/mol. The normalized spacial score (nSPS) is 12.6. The van der Waals surface area contributed by atoms with Crippen LogP contribution < -0.4 is 4.74 Å². The highest BCUT2D eigenvalue weighted by atomic mass is 28.3. The highest BCUT2D eigenvalue weighted by molar-refractivity contribution is 6.42. The summed E-state index contributed by atoms with van der Waals surface area (Å²) in [6.07, 6.45) is -0.644. The zero-order valence-electron chi connectivity index (χ0n) is 8.44. The first kappa shape index (κ1) is 13.9. The van der Waals surface area contributed by atoms with Gasteiger partial charge in [-0.1, -0.05) is 0 Å². The molecule has 17 heavy (non-hydrogen) atoms. The van der Waals surface area contributed by atoms with Crippen LogP contribution in [0.25, 0.3) is 0 Å². The molecule has 1 N–H and O–H groups in total. The summed E-state index contributed by atoms with van der Waals surface area (Å²) in [6, 6.07) is 0. The Hall–Kier alpha value is -1.19. The van der Waals surface area contributed by atoms with Crippen LogP contribution >= 0.6 is 0 Å². The smallest absolute Gasteiger partial charge is 0.357 e. The first-order chi connectivity index (χ1) is 7.90. The summed E-state index contributed by atoms with van der Waals surface area (Å²) in [6.45, 7) is 0. The molecule has 0 saturated heterocycles. The first-order valence-corrected chi connectivity index (χ1v) is 6.05. The van der Waals surface area contributed by atoms with Crippen LogP contribution in [-0.2, 0) is 4.43 Å². The molecule has 0 saturated carbocycles. The summed E-state index contributed by atoms with van der Waals surface area (Å²) in [7, 11) is -1.71. The van der Waals surface area contributed by atoms with Crippen molar-refractivity contribution < 1.29 is 35.9 Å². The Morgan fingerprint density at radius 1 is 0.941 bits per heavy atom. The lowest BCUT2D eigenvalue weighted by Gasteiger charge is -2.11.